The van der Waals surface area contributed by atoms with Crippen molar-refractivity contribution in [2.75, 3.05) is 18.4 Å². The number of hydrogen-bond donors (Lipinski definition) is 1. The van der Waals surface area contributed by atoms with Gasteiger partial charge in [0.2, 0.25) is 0 Å². The smallest absolute Gasteiger partial charge is 0.367 e. The Balaban J connectivity index is 1.18. The normalized spacial score (nSPS) is 18.5. The molecule has 3 aromatic rings. The van der Waals surface area contributed by atoms with Crippen LogP contribution >= 0.6 is 11.3 Å². The van der Waals surface area contributed by atoms with Gasteiger partial charge in [0.05, 0.1) is 11.8 Å². The predicted molar refractivity (Wildman–Crippen MR) is 118 cm³/mol. The van der Waals surface area contributed by atoms with Crippen LogP contribution < -0.4 is 5.32 Å². The first-order chi connectivity index (χ1) is 14.9. The molecule has 1 saturated carbocycles. The van der Waals surface area contributed by atoms with Crippen molar-refractivity contribution >= 4 is 27.4 Å². The summed E-state index contributed by atoms with van der Waals surface area (Å²) in [6.07, 6.45) is 0.900. The van der Waals surface area contributed by atoms with Gasteiger partial charge in [0.1, 0.15) is 17.0 Å². The molecule has 0 spiro atoms. The lowest BCUT2D eigenvalue weighted by Crippen LogP contribution is -2.38. The zero-order valence-electron chi connectivity index (χ0n) is 17.2. The summed E-state index contributed by atoms with van der Waals surface area (Å²) in [7, 11) is 0. The maximum absolute atomic E-state index is 12.7. The van der Waals surface area contributed by atoms with Gasteiger partial charge in [-0.2, -0.15) is 13.2 Å². The second-order valence-corrected chi connectivity index (χ2v) is 9.77. The van der Waals surface area contributed by atoms with Crippen LogP contribution in [0.15, 0.2) is 36.7 Å². The van der Waals surface area contributed by atoms with Crippen LogP contribution in [0.4, 0.5) is 19.0 Å². The molecule has 1 saturated heterocycles. The van der Waals surface area contributed by atoms with E-state index in [1.165, 1.54) is 30.3 Å². The summed E-state index contributed by atoms with van der Waals surface area (Å²) in [6.45, 7) is 2.93. The van der Waals surface area contributed by atoms with Crippen molar-refractivity contribution in [1.29, 1.82) is 0 Å². The molecule has 31 heavy (non-hydrogen) atoms. The number of nitrogens with one attached hydrogen (secondary N) is 1. The molecule has 1 aliphatic carbocycles. The van der Waals surface area contributed by atoms with Crippen LogP contribution in [0.3, 0.4) is 0 Å². The maximum atomic E-state index is 12.7. The van der Waals surface area contributed by atoms with E-state index in [4.69, 9.17) is 0 Å². The Bertz CT molecular complexity index is 1040. The molecule has 1 aliphatic heterocycles. The average Bonchev–Trinajstić information content (AvgIpc) is 3.49. The first-order valence-corrected chi connectivity index (χ1v) is 11.6. The van der Waals surface area contributed by atoms with E-state index in [1.54, 1.807) is 6.07 Å². The summed E-state index contributed by atoms with van der Waals surface area (Å²) in [5.74, 6) is 1.43. The van der Waals surface area contributed by atoms with Crippen LogP contribution in [-0.2, 0) is 13.0 Å². The lowest BCUT2D eigenvalue weighted by molar-refractivity contribution is -0.126. The minimum Gasteiger partial charge on any atom is -0.367 e. The molecule has 2 aliphatic rings. The monoisotopic (exact) mass is 446 g/mol. The molecule has 0 radical (unpaired) electrons. The summed E-state index contributed by atoms with van der Waals surface area (Å²) < 4.78 is 38.2. The summed E-state index contributed by atoms with van der Waals surface area (Å²) in [5.41, 5.74) is 2.82. The molecule has 8 heteroatoms. The van der Waals surface area contributed by atoms with Crippen LogP contribution in [0.2, 0.25) is 0 Å². The van der Waals surface area contributed by atoms with Crippen LogP contribution in [0.1, 0.15) is 47.6 Å². The number of nitrogens with zero attached hydrogens (tertiary/aromatic N) is 3. The molecule has 1 aromatic carbocycles. The second kappa shape index (κ2) is 8.39. The molecule has 3 heterocycles. The molecular formula is C23H25F3N4S. The zero-order valence-corrected chi connectivity index (χ0v) is 18.0. The molecule has 1 N–H and O–H groups in total. The first kappa shape index (κ1) is 20.7. The van der Waals surface area contributed by atoms with Crippen LogP contribution in [-0.4, -0.2) is 40.2 Å². The SMILES string of the molecule is FC(F)(F)Cc1cc2c(NC3CCN(Cc4ccc(C5CC5)cc4)CC3)ncnc2s1. The number of rotatable bonds is 6. The molecule has 5 rings (SSSR count). The van der Waals surface area contributed by atoms with Gasteiger partial charge in [-0.25, -0.2) is 9.97 Å². The molecule has 4 nitrogen and oxygen atoms in total. The third kappa shape index (κ3) is 5.18. The van der Waals surface area contributed by atoms with E-state index in [0.717, 1.165) is 49.7 Å². The maximum Gasteiger partial charge on any atom is 0.393 e. The van der Waals surface area contributed by atoms with Gasteiger partial charge in [0.25, 0.3) is 0 Å². The fourth-order valence-corrected chi connectivity index (χ4v) is 5.33. The van der Waals surface area contributed by atoms with Gasteiger partial charge in [-0.15, -0.1) is 11.3 Å². The largest absolute Gasteiger partial charge is 0.393 e. The van der Waals surface area contributed by atoms with Gasteiger partial charge in [-0.1, -0.05) is 24.3 Å². The van der Waals surface area contributed by atoms with Crippen LogP contribution in [0, 0.1) is 0 Å². The van der Waals surface area contributed by atoms with E-state index in [9.17, 15) is 13.2 Å². The fourth-order valence-electron chi connectivity index (χ4n) is 4.30. The van der Waals surface area contributed by atoms with Gasteiger partial charge in [-0.3, -0.25) is 4.90 Å². The number of benzene rings is 1. The van der Waals surface area contributed by atoms with Crippen molar-refractivity contribution in [2.45, 2.75) is 56.8 Å². The van der Waals surface area contributed by atoms with E-state index >= 15 is 0 Å². The van der Waals surface area contributed by atoms with Gasteiger partial charge < -0.3 is 5.32 Å². The van der Waals surface area contributed by atoms with Crippen molar-refractivity contribution in [2.24, 2.45) is 0 Å². The highest BCUT2D eigenvalue weighted by molar-refractivity contribution is 7.18. The van der Waals surface area contributed by atoms with E-state index in [2.05, 4.69) is 44.5 Å². The lowest BCUT2D eigenvalue weighted by Gasteiger charge is -2.32. The summed E-state index contributed by atoms with van der Waals surface area (Å²) in [5, 5.41) is 4.14. The molecule has 0 bridgehead atoms. The number of thiophene rings is 1. The Morgan fingerprint density at radius 2 is 1.77 bits per heavy atom. The third-order valence-electron chi connectivity index (χ3n) is 6.12. The number of piperidine rings is 1. The van der Waals surface area contributed by atoms with Crippen molar-refractivity contribution in [3.8, 4) is 0 Å². The zero-order chi connectivity index (χ0) is 21.4. The summed E-state index contributed by atoms with van der Waals surface area (Å²) >= 11 is 1.09. The Morgan fingerprint density at radius 1 is 1.03 bits per heavy atom. The van der Waals surface area contributed by atoms with Crippen LogP contribution in [0.25, 0.3) is 10.2 Å². The predicted octanol–water partition coefficient (Wildman–Crippen LogP) is 5.75. The summed E-state index contributed by atoms with van der Waals surface area (Å²) in [6, 6.07) is 10.9. The quantitative estimate of drug-likeness (QED) is 0.524. The Labute approximate surface area is 183 Å². The first-order valence-electron chi connectivity index (χ1n) is 10.8. The van der Waals surface area contributed by atoms with E-state index in [-0.39, 0.29) is 10.9 Å². The highest BCUT2D eigenvalue weighted by Gasteiger charge is 2.29. The molecular weight excluding hydrogens is 421 g/mol. The van der Waals surface area contributed by atoms with Gasteiger partial charge in [-0.05, 0) is 48.8 Å². The lowest BCUT2D eigenvalue weighted by atomic mass is 10.0. The van der Waals surface area contributed by atoms with Gasteiger partial charge in [0, 0.05) is 30.6 Å². The van der Waals surface area contributed by atoms with E-state index in [1.807, 2.05) is 0 Å². The van der Waals surface area contributed by atoms with Gasteiger partial charge >= 0.3 is 6.18 Å². The summed E-state index contributed by atoms with van der Waals surface area (Å²) in [4.78, 5) is 11.8. The third-order valence-corrected chi connectivity index (χ3v) is 7.16. The standard InChI is InChI=1S/C23H25F3N4S/c24-23(25,26)12-19-11-20-21(27-14-28-22(20)31-19)29-18-7-9-30(10-8-18)13-15-1-3-16(4-2-15)17-5-6-17/h1-4,11,14,17-18H,5-10,12-13H2,(H,27,28,29). The van der Waals surface area contributed by atoms with Crippen molar-refractivity contribution in [3.05, 3.63) is 52.7 Å². The minimum atomic E-state index is -4.22. The number of fused-ring (bicyclic) bond motifs is 1. The van der Waals surface area contributed by atoms with Gasteiger partial charge in [0.15, 0.2) is 0 Å². The number of aromatic nitrogens is 2. The van der Waals surface area contributed by atoms with E-state index < -0.39 is 12.6 Å². The Morgan fingerprint density at radius 3 is 2.45 bits per heavy atom. The molecule has 0 atom stereocenters. The topological polar surface area (TPSA) is 41.0 Å². The molecule has 2 fully saturated rings. The highest BCUT2D eigenvalue weighted by Crippen LogP contribution is 2.40. The highest BCUT2D eigenvalue weighted by atomic mass is 32.1. The van der Waals surface area contributed by atoms with Crippen LogP contribution in [0.5, 0.6) is 0 Å². The van der Waals surface area contributed by atoms with E-state index in [0.29, 0.717) is 16.0 Å². The molecule has 0 amide bonds. The molecule has 2 aromatic heterocycles. The molecule has 164 valence electrons. The van der Waals surface area contributed by atoms with Crippen molar-refractivity contribution in [1.82, 2.24) is 14.9 Å². The molecule has 0 unspecified atom stereocenters. The number of halogens is 3. The number of likely N-dealkylation sites (tertiary alicyclic amines) is 1. The fraction of sp³-hybridized carbons (Fsp3) is 0.478. The Kier molecular flexibility index (Phi) is 5.60. The van der Waals surface area contributed by atoms with Crippen molar-refractivity contribution in [3.63, 3.8) is 0 Å². The number of anilines is 1. The Hall–Kier alpha value is -2.19. The number of hydrogen-bond acceptors (Lipinski definition) is 5. The number of alkyl halides is 3. The second-order valence-electron chi connectivity index (χ2n) is 8.66. The minimum absolute atomic E-state index is 0.262. The van der Waals surface area contributed by atoms with Crippen molar-refractivity contribution < 1.29 is 13.2 Å². The average molecular weight is 447 g/mol.